The number of aromatic nitrogens is 12. The highest BCUT2D eigenvalue weighted by Gasteiger charge is 2.54. The SMILES string of the molecule is COC[C@H]1[C@@H](O)[C@H]([n+]2cn(C)c3c(=O)[nH]c(N)nc32)O[C@@H]1COP(=O)(O)OP(=O)(O)OP(=O)(O)OC[C@H]1O[C@@H](n2cnc3c(N)ncnc32)[C@H](OC)[C@@H]1OP(=O)(O)OC[C@H]1O[C@@H](n2cnc3c(=O)[nH]c(N)nc32)[C@H](O)[C@@H]1O. The van der Waals surface area contributed by atoms with E-state index in [1.54, 1.807) is 0 Å². The first kappa shape index (κ1) is 56.6. The fourth-order valence-electron chi connectivity index (χ4n) is 8.77. The minimum absolute atomic E-state index is 0.0150. The molecule has 0 bridgehead atoms. The molecule has 15 N–H and O–H groups in total. The van der Waals surface area contributed by atoms with Gasteiger partial charge < -0.3 is 75.8 Å². The molecule has 6 aromatic rings. The summed E-state index contributed by atoms with van der Waals surface area (Å²) in [4.78, 5) is 96.4. The van der Waals surface area contributed by atoms with Crippen molar-refractivity contribution in [3.05, 3.63) is 46.0 Å². The van der Waals surface area contributed by atoms with Crippen molar-refractivity contribution in [1.82, 2.24) is 53.6 Å². The minimum Gasteiger partial charge on any atom is -0.387 e. The number of rotatable bonds is 21. The third kappa shape index (κ3) is 11.5. The summed E-state index contributed by atoms with van der Waals surface area (Å²) in [5.41, 5.74) is 15.7. The van der Waals surface area contributed by atoms with Gasteiger partial charge in [0.25, 0.3) is 17.1 Å². The highest BCUT2D eigenvalue weighted by Crippen LogP contribution is 2.68. The second-order valence-electron chi connectivity index (χ2n) is 17.1. The molecule has 0 amide bonds. The van der Waals surface area contributed by atoms with Gasteiger partial charge >= 0.3 is 36.9 Å². The molecule has 3 aliphatic heterocycles. The number of imidazole rings is 3. The van der Waals surface area contributed by atoms with E-state index in [4.69, 9.17) is 59.0 Å². The average molecular weight is 1170 g/mol. The lowest BCUT2D eigenvalue weighted by Crippen LogP contribution is -2.45. The normalized spacial score (nSPS) is 30.0. The number of anilines is 3. The molecule has 0 spiro atoms. The Hall–Kier alpha value is -5.15. The lowest BCUT2D eigenvalue weighted by atomic mass is 9.99. The van der Waals surface area contributed by atoms with Gasteiger partial charge in [-0.05, 0) is 0 Å². The predicted octanol–water partition coefficient (Wildman–Crippen LogP) is -3.81. The number of nitrogens with one attached hydrogen (secondary N) is 2. The molecule has 43 heteroatoms. The maximum absolute atomic E-state index is 13.7. The number of aliphatic hydroxyl groups is 3. The summed E-state index contributed by atoms with van der Waals surface area (Å²) in [6.07, 6.45) is -12.9. The van der Waals surface area contributed by atoms with Crippen LogP contribution >= 0.6 is 31.3 Å². The number of phosphoric ester groups is 3. The smallest absolute Gasteiger partial charge is 0.387 e. The van der Waals surface area contributed by atoms with Gasteiger partial charge in [0.05, 0.1) is 52.2 Å². The Bertz CT molecular complexity index is 3510. The van der Waals surface area contributed by atoms with Crippen LogP contribution in [0.25, 0.3) is 33.5 Å². The van der Waals surface area contributed by atoms with Crippen LogP contribution in [0.15, 0.2) is 34.9 Å². The fraction of sp³-hybridized carbons (Fsp3) is 0.559. The summed E-state index contributed by atoms with van der Waals surface area (Å²) in [6.45, 7) is -3.44. The topological polar surface area (TPSA) is 551 Å². The molecule has 0 aromatic carbocycles. The van der Waals surface area contributed by atoms with E-state index in [1.807, 2.05) is 0 Å². The largest absolute Gasteiger partial charge is 0.490 e. The van der Waals surface area contributed by atoms with Crippen molar-refractivity contribution in [2.24, 2.45) is 13.0 Å². The van der Waals surface area contributed by atoms with Crippen molar-refractivity contribution in [2.45, 2.75) is 67.5 Å². The van der Waals surface area contributed by atoms with E-state index in [1.165, 1.54) is 34.2 Å². The first-order valence-electron chi connectivity index (χ1n) is 22.0. The maximum atomic E-state index is 13.7. The summed E-state index contributed by atoms with van der Waals surface area (Å²) >= 11 is 0. The molecule has 9 heterocycles. The first-order chi connectivity index (χ1) is 36.2. The highest BCUT2D eigenvalue weighted by molar-refractivity contribution is 7.66. The molecule has 16 atom stereocenters. The van der Waals surface area contributed by atoms with E-state index in [9.17, 15) is 62.7 Å². The number of phosphoric acid groups is 4. The predicted molar refractivity (Wildman–Crippen MR) is 248 cm³/mol. The Balaban J connectivity index is 0.869. The number of nitrogens with zero attached hydrogens (tertiary/aromatic N) is 10. The fourth-order valence-corrected chi connectivity index (χ4v) is 13.3. The van der Waals surface area contributed by atoms with E-state index in [2.05, 4.69) is 48.5 Å². The zero-order chi connectivity index (χ0) is 55.7. The van der Waals surface area contributed by atoms with Gasteiger partial charge in [0, 0.05) is 20.1 Å². The van der Waals surface area contributed by atoms with Crippen LogP contribution in [0.3, 0.4) is 0 Å². The Labute approximate surface area is 427 Å². The molecule has 3 saturated heterocycles. The number of aromatic amines is 2. The van der Waals surface area contributed by atoms with Crippen LogP contribution in [-0.2, 0) is 75.7 Å². The molecule has 0 saturated carbocycles. The number of nitrogens with two attached hydrogens (primary N) is 3. The van der Waals surface area contributed by atoms with Gasteiger partial charge in [-0.2, -0.15) is 13.6 Å². The van der Waals surface area contributed by atoms with Crippen LogP contribution < -0.4 is 32.9 Å². The second-order valence-corrected chi connectivity index (χ2v) is 23.1. The van der Waals surface area contributed by atoms with Crippen molar-refractivity contribution in [3.8, 4) is 0 Å². The van der Waals surface area contributed by atoms with E-state index >= 15 is 0 Å². The Morgan fingerprint density at radius 1 is 0.675 bits per heavy atom. The van der Waals surface area contributed by atoms with Gasteiger partial charge in [-0.25, -0.2) is 42.8 Å². The Morgan fingerprint density at radius 2 is 1.27 bits per heavy atom. The standard InChI is InChI=1S/C34H47N15O24P4/c1-46-11-49(27-18(46)29(54)45-34(37)43-27)30-19(50)12(4-63-2)13(68-30)5-66-75(57,58)72-77(61,62)73-76(59,60)67-7-15-22(23(64-3)32(70-15)47-9-40-16-24(35)38-8-39-25(16)47)71-74(55,56)65-6-14-20(51)21(52)31(69-14)48-10-41-17-26(48)42-33(36)44-28(17)53/h8-15,19-23,30-32,50-52H,4-7H2,1-3H3,(H11-,35,36,37,38,39,42,43,44,45,53,54,55,56,57,58,59,60,61,62)/p+1/t12-,13-,14-,15-,19-,20-,21-,22-,23-,30-,31-,32-/m1/s1. The number of hydrogen-bond donors (Lipinski definition) is 12. The molecule has 77 heavy (non-hydrogen) atoms. The monoisotopic (exact) mass is 1170 g/mol. The van der Waals surface area contributed by atoms with Crippen molar-refractivity contribution in [1.29, 1.82) is 0 Å². The zero-order valence-electron chi connectivity index (χ0n) is 39.6. The van der Waals surface area contributed by atoms with Gasteiger partial charge in [-0.15, -0.1) is 0 Å². The lowest BCUT2D eigenvalue weighted by Gasteiger charge is -2.26. The van der Waals surface area contributed by atoms with Crippen LogP contribution in [0.5, 0.6) is 0 Å². The van der Waals surface area contributed by atoms with E-state index in [0.717, 1.165) is 30.7 Å². The molecule has 0 aliphatic carbocycles. The summed E-state index contributed by atoms with van der Waals surface area (Å²) < 4.78 is 115. The van der Waals surface area contributed by atoms with Crippen molar-refractivity contribution >= 4 is 82.5 Å². The third-order valence-electron chi connectivity index (χ3n) is 12.1. The summed E-state index contributed by atoms with van der Waals surface area (Å²) in [5.74, 6) is -1.70. The molecular weight excluding hydrogens is 1130 g/mol. The van der Waals surface area contributed by atoms with Gasteiger partial charge in [-0.3, -0.25) is 51.4 Å². The number of fused-ring (bicyclic) bond motifs is 3. The molecule has 4 unspecified atom stereocenters. The summed E-state index contributed by atoms with van der Waals surface area (Å²) in [7, 11) is -19.5. The number of nitrogen functional groups attached to an aromatic ring is 3. The number of hydrogen-bond acceptors (Lipinski definition) is 29. The summed E-state index contributed by atoms with van der Waals surface area (Å²) in [6, 6.07) is 0. The van der Waals surface area contributed by atoms with Gasteiger partial charge in [0.2, 0.25) is 17.7 Å². The van der Waals surface area contributed by atoms with Gasteiger partial charge in [0.15, 0.2) is 41.4 Å². The Morgan fingerprint density at radius 3 is 1.95 bits per heavy atom. The van der Waals surface area contributed by atoms with E-state index in [-0.39, 0.29) is 57.8 Å². The molecule has 9 rings (SSSR count). The van der Waals surface area contributed by atoms with Crippen molar-refractivity contribution in [2.75, 3.05) is 57.8 Å². The van der Waals surface area contributed by atoms with Crippen LogP contribution in [0, 0.1) is 5.92 Å². The second kappa shape index (κ2) is 21.5. The van der Waals surface area contributed by atoms with E-state index < -0.39 is 136 Å². The molecular formula is C34H48N15O24P4+. The van der Waals surface area contributed by atoms with E-state index in [0.29, 0.717) is 0 Å². The van der Waals surface area contributed by atoms with Crippen LogP contribution in [0.1, 0.15) is 18.7 Å². The first-order valence-corrected chi connectivity index (χ1v) is 28.0. The average Bonchev–Trinajstić information content (AvgIpc) is 4.21. The van der Waals surface area contributed by atoms with Crippen LogP contribution in [0.4, 0.5) is 17.7 Å². The molecule has 3 aliphatic rings. The molecule has 422 valence electrons. The van der Waals surface area contributed by atoms with Crippen LogP contribution in [0.2, 0.25) is 0 Å². The Kier molecular flexibility index (Phi) is 15.8. The highest BCUT2D eigenvalue weighted by atomic mass is 31.3. The molecule has 3 fully saturated rings. The number of aryl methyl sites for hydroxylation is 1. The minimum atomic E-state index is -6.18. The number of ether oxygens (including phenoxy) is 5. The van der Waals surface area contributed by atoms with Crippen LogP contribution in [-0.4, -0.2) is 178 Å². The molecule has 6 aromatic heterocycles. The third-order valence-corrected chi connectivity index (χ3v) is 17.3. The van der Waals surface area contributed by atoms with Crippen molar-refractivity contribution in [3.63, 3.8) is 0 Å². The number of methoxy groups -OCH3 is 2. The lowest BCUT2D eigenvalue weighted by molar-refractivity contribution is -0.745. The molecule has 0 radical (unpaired) electrons. The quantitative estimate of drug-likeness (QED) is 0.0243. The molecule has 39 nitrogen and oxygen atoms in total. The summed E-state index contributed by atoms with van der Waals surface area (Å²) in [5, 5.41) is 33.0. The zero-order valence-corrected chi connectivity index (χ0v) is 43.2. The number of aliphatic hydroxyl groups excluding tert-OH is 3. The number of H-pyrrole nitrogens is 2. The maximum Gasteiger partial charge on any atom is 0.490 e. The van der Waals surface area contributed by atoms with Gasteiger partial charge in [0.1, 0.15) is 54.6 Å². The van der Waals surface area contributed by atoms with Gasteiger partial charge in [-0.1, -0.05) is 4.98 Å². The van der Waals surface area contributed by atoms with Crippen molar-refractivity contribution < 1.29 is 108 Å².